The van der Waals surface area contributed by atoms with Gasteiger partial charge in [0.15, 0.2) is 11.5 Å². The number of rotatable bonds is 5. The molecule has 0 saturated carbocycles. The molecule has 132 valence electrons. The largest absolute Gasteiger partial charge is 0.476 e. The zero-order valence-corrected chi connectivity index (χ0v) is 14.5. The predicted molar refractivity (Wildman–Crippen MR) is 89.3 cm³/mol. The first-order chi connectivity index (χ1) is 11.8. The van der Waals surface area contributed by atoms with Crippen LogP contribution in [0.4, 0.5) is 0 Å². The van der Waals surface area contributed by atoms with Crippen LogP contribution in [0, 0.1) is 0 Å². The quantitative estimate of drug-likeness (QED) is 0.822. The lowest BCUT2D eigenvalue weighted by atomic mass is 10.1. The number of carbonyl (C=O) groups is 1. The molecule has 0 spiro atoms. The molecule has 0 bridgehead atoms. The molecule has 25 heavy (non-hydrogen) atoms. The van der Waals surface area contributed by atoms with Crippen molar-refractivity contribution in [3.63, 3.8) is 0 Å². The molecule has 0 saturated heterocycles. The van der Waals surface area contributed by atoms with Crippen molar-refractivity contribution < 1.29 is 27.8 Å². The number of sulfonamides is 1. The van der Waals surface area contributed by atoms with E-state index in [2.05, 4.69) is 4.72 Å². The lowest BCUT2D eigenvalue weighted by molar-refractivity contribution is -0.154. The molecule has 1 aliphatic heterocycles. The van der Waals surface area contributed by atoms with Gasteiger partial charge < -0.3 is 14.6 Å². The summed E-state index contributed by atoms with van der Waals surface area (Å²) < 4.78 is 37.7. The zero-order valence-electron chi connectivity index (χ0n) is 13.0. The second-order valence-electron chi connectivity index (χ2n) is 5.41. The number of ether oxygens (including phenoxy) is 2. The minimum Gasteiger partial charge on any atom is -0.476 e. The van der Waals surface area contributed by atoms with Crippen LogP contribution in [0.5, 0.6) is 11.5 Å². The highest BCUT2D eigenvalue weighted by atomic mass is 35.5. The second-order valence-corrected chi connectivity index (χ2v) is 7.56. The van der Waals surface area contributed by atoms with E-state index in [0.29, 0.717) is 16.3 Å². The van der Waals surface area contributed by atoms with Gasteiger partial charge in [0.1, 0.15) is 0 Å². The van der Waals surface area contributed by atoms with Crippen LogP contribution in [0.15, 0.2) is 47.4 Å². The Labute approximate surface area is 149 Å². The molecule has 2 aromatic carbocycles. The smallest absolute Gasteiger partial charge is 0.387 e. The Bertz CT molecular complexity index is 913. The SMILES string of the molecule is CC(NS(=O)(=O)c1ccc(Cl)cc1)c1ccc2c(c1)OC(C(=O)O)O2. The maximum absolute atomic E-state index is 12.4. The molecule has 0 aromatic heterocycles. The summed E-state index contributed by atoms with van der Waals surface area (Å²) in [5.41, 5.74) is 0.603. The number of fused-ring (bicyclic) bond motifs is 1. The average Bonchev–Trinajstić information content (AvgIpc) is 2.98. The van der Waals surface area contributed by atoms with Gasteiger partial charge in [-0.25, -0.2) is 17.9 Å². The summed E-state index contributed by atoms with van der Waals surface area (Å²) in [6.45, 7) is 1.67. The first kappa shape index (κ1) is 17.5. The molecule has 1 aliphatic rings. The van der Waals surface area contributed by atoms with E-state index in [9.17, 15) is 13.2 Å². The molecule has 3 rings (SSSR count). The molecule has 2 atom stereocenters. The van der Waals surface area contributed by atoms with Gasteiger partial charge in [0.05, 0.1) is 4.90 Å². The van der Waals surface area contributed by atoms with Crippen LogP contribution in [0.3, 0.4) is 0 Å². The summed E-state index contributed by atoms with van der Waals surface area (Å²) in [7, 11) is -3.74. The van der Waals surface area contributed by atoms with E-state index in [1.165, 1.54) is 24.3 Å². The van der Waals surface area contributed by atoms with Crippen molar-refractivity contribution in [1.29, 1.82) is 0 Å². The first-order valence-electron chi connectivity index (χ1n) is 7.24. The molecule has 0 aliphatic carbocycles. The molecule has 2 unspecified atom stereocenters. The van der Waals surface area contributed by atoms with E-state index in [0.717, 1.165) is 0 Å². The molecule has 2 aromatic rings. The Hall–Kier alpha value is -2.29. The van der Waals surface area contributed by atoms with Crippen LogP contribution in [0.1, 0.15) is 18.5 Å². The number of aliphatic carboxylic acids is 1. The van der Waals surface area contributed by atoms with Gasteiger partial charge in [0, 0.05) is 11.1 Å². The lowest BCUT2D eigenvalue weighted by Gasteiger charge is -2.15. The second kappa shape index (κ2) is 6.55. The Morgan fingerprint density at radius 3 is 2.44 bits per heavy atom. The van der Waals surface area contributed by atoms with E-state index in [1.807, 2.05) is 0 Å². The van der Waals surface area contributed by atoms with Crippen molar-refractivity contribution in [3.05, 3.63) is 53.1 Å². The van der Waals surface area contributed by atoms with Gasteiger partial charge in [-0.1, -0.05) is 17.7 Å². The van der Waals surface area contributed by atoms with Gasteiger partial charge in [0.25, 0.3) is 0 Å². The van der Waals surface area contributed by atoms with Crippen LogP contribution in [0.25, 0.3) is 0 Å². The van der Waals surface area contributed by atoms with Crippen LogP contribution >= 0.6 is 11.6 Å². The normalized spacial score (nSPS) is 17.3. The number of carboxylic acids is 1. The number of nitrogens with one attached hydrogen (secondary N) is 1. The molecule has 2 N–H and O–H groups in total. The number of hydrogen-bond acceptors (Lipinski definition) is 5. The molecular weight excluding hydrogens is 370 g/mol. The van der Waals surface area contributed by atoms with Crippen molar-refractivity contribution in [2.24, 2.45) is 0 Å². The topological polar surface area (TPSA) is 102 Å². The third kappa shape index (κ3) is 3.71. The van der Waals surface area contributed by atoms with E-state index in [-0.39, 0.29) is 10.6 Å². The highest BCUT2D eigenvalue weighted by molar-refractivity contribution is 7.89. The maximum atomic E-state index is 12.4. The van der Waals surface area contributed by atoms with Crippen molar-refractivity contribution in [2.45, 2.75) is 24.2 Å². The zero-order chi connectivity index (χ0) is 18.2. The van der Waals surface area contributed by atoms with Crippen LogP contribution in [-0.2, 0) is 14.8 Å². The first-order valence-corrected chi connectivity index (χ1v) is 9.10. The Kier molecular flexibility index (Phi) is 4.59. The fourth-order valence-corrected chi connectivity index (χ4v) is 3.68. The summed E-state index contributed by atoms with van der Waals surface area (Å²) in [6, 6.07) is 9.97. The third-order valence-corrected chi connectivity index (χ3v) is 5.40. The van der Waals surface area contributed by atoms with Gasteiger partial charge in [-0.3, -0.25) is 0 Å². The van der Waals surface area contributed by atoms with Gasteiger partial charge in [-0.2, -0.15) is 0 Å². The van der Waals surface area contributed by atoms with E-state index < -0.39 is 28.3 Å². The minimum atomic E-state index is -3.74. The monoisotopic (exact) mass is 383 g/mol. The third-order valence-electron chi connectivity index (χ3n) is 3.59. The van der Waals surface area contributed by atoms with E-state index >= 15 is 0 Å². The summed E-state index contributed by atoms with van der Waals surface area (Å²) >= 11 is 5.77. The number of halogens is 1. The van der Waals surface area contributed by atoms with Crippen molar-refractivity contribution in [1.82, 2.24) is 4.72 Å². The standard InChI is InChI=1S/C16H14ClNO6S/c1-9(18-25(21,22)12-5-3-11(17)4-6-12)10-2-7-13-14(8-10)24-16(23-13)15(19)20/h2-9,16,18H,1H3,(H,19,20). The van der Waals surface area contributed by atoms with E-state index in [4.69, 9.17) is 26.2 Å². The summed E-state index contributed by atoms with van der Waals surface area (Å²) in [6.07, 6.45) is -1.40. The number of carboxylic acid groups (broad SMARTS) is 1. The fraction of sp³-hybridized carbons (Fsp3) is 0.188. The van der Waals surface area contributed by atoms with Crippen molar-refractivity contribution >= 4 is 27.6 Å². The molecule has 9 heteroatoms. The summed E-state index contributed by atoms with van der Waals surface area (Å²) in [5, 5.41) is 9.35. The molecule has 7 nitrogen and oxygen atoms in total. The molecule has 0 fully saturated rings. The Morgan fingerprint density at radius 2 is 1.80 bits per heavy atom. The maximum Gasteiger partial charge on any atom is 0.387 e. The molecule has 0 radical (unpaired) electrons. The Balaban J connectivity index is 1.78. The molecule has 0 amide bonds. The molecular formula is C16H14ClNO6S. The van der Waals surface area contributed by atoms with Gasteiger partial charge >= 0.3 is 12.3 Å². The highest BCUT2D eigenvalue weighted by Crippen LogP contribution is 2.37. The lowest BCUT2D eigenvalue weighted by Crippen LogP contribution is -2.28. The average molecular weight is 384 g/mol. The Morgan fingerprint density at radius 1 is 1.16 bits per heavy atom. The van der Waals surface area contributed by atoms with Crippen LogP contribution < -0.4 is 14.2 Å². The summed E-state index contributed by atoms with van der Waals surface area (Å²) in [4.78, 5) is 11.0. The van der Waals surface area contributed by atoms with Crippen LogP contribution in [0.2, 0.25) is 5.02 Å². The van der Waals surface area contributed by atoms with Crippen LogP contribution in [-0.4, -0.2) is 25.8 Å². The van der Waals surface area contributed by atoms with Crippen molar-refractivity contribution in [3.8, 4) is 11.5 Å². The molecule has 1 heterocycles. The van der Waals surface area contributed by atoms with Gasteiger partial charge in [0.2, 0.25) is 10.0 Å². The van der Waals surface area contributed by atoms with E-state index in [1.54, 1.807) is 25.1 Å². The minimum absolute atomic E-state index is 0.0930. The van der Waals surface area contributed by atoms with Gasteiger partial charge in [-0.15, -0.1) is 0 Å². The number of benzene rings is 2. The highest BCUT2D eigenvalue weighted by Gasteiger charge is 2.31. The van der Waals surface area contributed by atoms with Crippen molar-refractivity contribution in [2.75, 3.05) is 0 Å². The van der Waals surface area contributed by atoms with Gasteiger partial charge in [-0.05, 0) is 48.9 Å². The predicted octanol–water partition coefficient (Wildman–Crippen LogP) is 2.56. The fourth-order valence-electron chi connectivity index (χ4n) is 2.32. The number of hydrogen-bond donors (Lipinski definition) is 2. The summed E-state index contributed by atoms with van der Waals surface area (Å²) in [5.74, 6) is -0.694.